The molecule has 2 atom stereocenters. The van der Waals surface area contributed by atoms with Gasteiger partial charge in [-0.1, -0.05) is 12.1 Å². The molecule has 0 aliphatic carbocycles. The quantitative estimate of drug-likeness (QED) is 0.258. The molecule has 178 valence electrons. The van der Waals surface area contributed by atoms with E-state index in [9.17, 15) is 19.5 Å². The van der Waals surface area contributed by atoms with Crippen LogP contribution in [0.5, 0.6) is 5.75 Å². The monoisotopic (exact) mass is 473 g/mol. The van der Waals surface area contributed by atoms with Crippen LogP contribution >= 0.6 is 0 Å². The molecule has 2 aliphatic rings. The normalized spacial score (nSPS) is 20.6. The standard InChI is InChI=1S/C27H23NO7/c1-15-12-19-13-18(9-10-21(19)35-15)24(29)22-23(16-5-7-17(8-6-16)27(32)33-2)28(26(31)25(22)30)14-20-4-3-11-34-20/h3-11,13,15,23,29H,12,14H2,1-2H3/b24-22+/t15-,23+/m0/s1. The summed E-state index contributed by atoms with van der Waals surface area (Å²) in [4.78, 5) is 39.6. The number of benzene rings is 2. The van der Waals surface area contributed by atoms with Crippen LogP contribution < -0.4 is 4.74 Å². The van der Waals surface area contributed by atoms with Gasteiger partial charge in [-0.05, 0) is 60.5 Å². The number of esters is 1. The molecule has 1 aromatic heterocycles. The molecule has 8 nitrogen and oxygen atoms in total. The maximum Gasteiger partial charge on any atom is 0.337 e. The third-order valence-electron chi connectivity index (χ3n) is 6.26. The topological polar surface area (TPSA) is 106 Å². The van der Waals surface area contributed by atoms with Crippen molar-refractivity contribution in [2.75, 3.05) is 7.11 Å². The molecule has 35 heavy (non-hydrogen) atoms. The summed E-state index contributed by atoms with van der Waals surface area (Å²) in [6.45, 7) is 1.99. The zero-order valence-corrected chi connectivity index (χ0v) is 19.2. The van der Waals surface area contributed by atoms with Gasteiger partial charge in [0.2, 0.25) is 0 Å². The molecule has 1 amide bonds. The molecule has 2 aromatic carbocycles. The van der Waals surface area contributed by atoms with E-state index < -0.39 is 23.7 Å². The molecule has 0 saturated carbocycles. The number of likely N-dealkylation sites (tertiary alicyclic amines) is 1. The summed E-state index contributed by atoms with van der Waals surface area (Å²) in [5.41, 5.74) is 2.20. The smallest absolute Gasteiger partial charge is 0.337 e. The summed E-state index contributed by atoms with van der Waals surface area (Å²) in [7, 11) is 1.29. The summed E-state index contributed by atoms with van der Waals surface area (Å²) < 4.78 is 15.9. The third kappa shape index (κ3) is 3.97. The fourth-order valence-electron chi connectivity index (χ4n) is 4.60. The van der Waals surface area contributed by atoms with Crippen molar-refractivity contribution in [3.63, 3.8) is 0 Å². The number of Topliss-reactive ketones (excluding diaryl/α,β-unsaturated/α-hetero) is 1. The molecule has 8 heteroatoms. The van der Waals surface area contributed by atoms with Gasteiger partial charge in [0.1, 0.15) is 23.4 Å². The molecule has 0 unspecified atom stereocenters. The number of hydrogen-bond donors (Lipinski definition) is 1. The van der Waals surface area contributed by atoms with Gasteiger partial charge >= 0.3 is 5.97 Å². The second-order valence-corrected chi connectivity index (χ2v) is 8.58. The van der Waals surface area contributed by atoms with Crippen molar-refractivity contribution < 1.29 is 33.4 Å². The molecule has 1 N–H and O–H groups in total. The minimum Gasteiger partial charge on any atom is -0.507 e. The van der Waals surface area contributed by atoms with Crippen molar-refractivity contribution in [2.45, 2.75) is 32.0 Å². The van der Waals surface area contributed by atoms with Crippen LogP contribution in [0.3, 0.4) is 0 Å². The number of aliphatic hydroxyl groups excluding tert-OH is 1. The van der Waals surface area contributed by atoms with E-state index in [4.69, 9.17) is 13.9 Å². The van der Waals surface area contributed by atoms with E-state index in [1.807, 2.05) is 6.92 Å². The highest BCUT2D eigenvalue weighted by molar-refractivity contribution is 6.46. The van der Waals surface area contributed by atoms with Crippen LogP contribution in [0.25, 0.3) is 5.76 Å². The van der Waals surface area contributed by atoms with Crippen LogP contribution in [-0.4, -0.2) is 40.9 Å². The molecule has 0 spiro atoms. The van der Waals surface area contributed by atoms with Gasteiger partial charge in [-0.15, -0.1) is 0 Å². The van der Waals surface area contributed by atoms with E-state index in [1.54, 1.807) is 54.6 Å². The van der Waals surface area contributed by atoms with Crippen LogP contribution in [0.2, 0.25) is 0 Å². The van der Waals surface area contributed by atoms with E-state index in [1.165, 1.54) is 18.3 Å². The Bertz CT molecular complexity index is 1340. The Morgan fingerprint density at radius 2 is 1.86 bits per heavy atom. The fraction of sp³-hybridized carbons (Fsp3) is 0.222. The Labute approximate surface area is 201 Å². The zero-order valence-electron chi connectivity index (χ0n) is 19.2. The lowest BCUT2D eigenvalue weighted by molar-refractivity contribution is -0.140. The lowest BCUT2D eigenvalue weighted by Crippen LogP contribution is -2.29. The number of furan rings is 1. The highest BCUT2D eigenvalue weighted by Gasteiger charge is 2.46. The molecule has 3 heterocycles. The number of hydrogen-bond acceptors (Lipinski definition) is 7. The van der Waals surface area contributed by atoms with Crippen molar-refractivity contribution in [3.8, 4) is 5.75 Å². The number of amides is 1. The zero-order chi connectivity index (χ0) is 24.7. The molecule has 1 fully saturated rings. The SMILES string of the molecule is COC(=O)c1ccc([C@@H]2/C(=C(\O)c3ccc4c(c3)C[C@H](C)O4)C(=O)C(=O)N2Cc2ccco2)cc1. The molecule has 1 saturated heterocycles. The lowest BCUT2D eigenvalue weighted by Gasteiger charge is -2.24. The molecule has 2 aliphatic heterocycles. The van der Waals surface area contributed by atoms with Gasteiger partial charge < -0.3 is 23.9 Å². The van der Waals surface area contributed by atoms with Crippen LogP contribution in [-0.2, 0) is 27.3 Å². The van der Waals surface area contributed by atoms with Crippen molar-refractivity contribution in [1.82, 2.24) is 4.90 Å². The maximum absolute atomic E-state index is 13.2. The van der Waals surface area contributed by atoms with Gasteiger partial charge in [-0.3, -0.25) is 9.59 Å². The van der Waals surface area contributed by atoms with Crippen molar-refractivity contribution in [3.05, 3.63) is 94.4 Å². The van der Waals surface area contributed by atoms with Crippen molar-refractivity contribution in [2.24, 2.45) is 0 Å². The number of rotatable bonds is 5. The molecular formula is C27H23NO7. The predicted molar refractivity (Wildman–Crippen MR) is 125 cm³/mol. The van der Waals surface area contributed by atoms with Crippen LogP contribution in [0.1, 0.15) is 45.8 Å². The van der Waals surface area contributed by atoms with E-state index in [0.29, 0.717) is 28.9 Å². The van der Waals surface area contributed by atoms with E-state index in [2.05, 4.69) is 0 Å². The Morgan fingerprint density at radius 1 is 1.11 bits per heavy atom. The molecular weight excluding hydrogens is 450 g/mol. The summed E-state index contributed by atoms with van der Waals surface area (Å²) >= 11 is 0. The number of methoxy groups -OCH3 is 1. The number of carbonyl (C=O) groups excluding carboxylic acids is 3. The summed E-state index contributed by atoms with van der Waals surface area (Å²) in [5, 5.41) is 11.3. The van der Waals surface area contributed by atoms with E-state index in [0.717, 1.165) is 11.3 Å². The maximum atomic E-state index is 13.2. The third-order valence-corrected chi connectivity index (χ3v) is 6.26. The number of ketones is 1. The van der Waals surface area contributed by atoms with Crippen molar-refractivity contribution >= 4 is 23.4 Å². The average molecular weight is 473 g/mol. The number of aliphatic hydroxyl groups is 1. The Balaban J connectivity index is 1.61. The largest absolute Gasteiger partial charge is 0.507 e. The summed E-state index contributed by atoms with van der Waals surface area (Å²) in [6, 6.07) is 14.1. The van der Waals surface area contributed by atoms with E-state index >= 15 is 0 Å². The van der Waals surface area contributed by atoms with Crippen LogP contribution in [0, 0.1) is 0 Å². The van der Waals surface area contributed by atoms with Gasteiger partial charge in [-0.25, -0.2) is 4.79 Å². The first-order chi connectivity index (χ1) is 16.9. The van der Waals surface area contributed by atoms with Crippen molar-refractivity contribution in [1.29, 1.82) is 0 Å². The second kappa shape index (κ2) is 8.79. The molecule has 0 bridgehead atoms. The highest BCUT2D eigenvalue weighted by atomic mass is 16.5. The van der Waals surface area contributed by atoms with Crippen LogP contribution in [0.4, 0.5) is 0 Å². The average Bonchev–Trinajstić information content (AvgIpc) is 3.57. The first kappa shape index (κ1) is 22.5. The highest BCUT2D eigenvalue weighted by Crippen LogP contribution is 2.41. The number of nitrogens with zero attached hydrogens (tertiary/aromatic N) is 1. The Morgan fingerprint density at radius 3 is 2.54 bits per heavy atom. The van der Waals surface area contributed by atoms with Gasteiger partial charge in [0.25, 0.3) is 11.7 Å². The predicted octanol–water partition coefficient (Wildman–Crippen LogP) is 4.01. The first-order valence-corrected chi connectivity index (χ1v) is 11.2. The Hall–Kier alpha value is -4.33. The lowest BCUT2D eigenvalue weighted by atomic mass is 9.94. The number of fused-ring (bicyclic) bond motifs is 1. The van der Waals surface area contributed by atoms with Crippen LogP contribution in [0.15, 0.2) is 70.9 Å². The number of carbonyl (C=O) groups is 3. The molecule has 3 aromatic rings. The van der Waals surface area contributed by atoms with Gasteiger partial charge in [-0.2, -0.15) is 0 Å². The minimum atomic E-state index is -0.879. The number of ether oxygens (including phenoxy) is 2. The van der Waals surface area contributed by atoms with Gasteiger partial charge in [0.05, 0.1) is 37.1 Å². The first-order valence-electron chi connectivity index (χ1n) is 11.2. The minimum absolute atomic E-state index is 0.0228. The van der Waals surface area contributed by atoms with Gasteiger partial charge in [0, 0.05) is 12.0 Å². The van der Waals surface area contributed by atoms with Gasteiger partial charge in [0.15, 0.2) is 0 Å². The fourth-order valence-corrected chi connectivity index (χ4v) is 4.60. The summed E-state index contributed by atoms with van der Waals surface area (Å²) in [6.07, 6.45) is 2.19. The molecule has 5 rings (SSSR count). The molecule has 0 radical (unpaired) electrons. The Kier molecular flexibility index (Phi) is 5.64. The second-order valence-electron chi connectivity index (χ2n) is 8.58. The van der Waals surface area contributed by atoms with E-state index in [-0.39, 0.29) is 24.0 Å². The summed E-state index contributed by atoms with van der Waals surface area (Å²) in [5.74, 6) is -1.08.